The van der Waals surface area contributed by atoms with E-state index in [1.807, 2.05) is 37.3 Å². The molecule has 0 atom stereocenters. The van der Waals surface area contributed by atoms with Gasteiger partial charge in [-0.2, -0.15) is 0 Å². The van der Waals surface area contributed by atoms with Crippen LogP contribution in [0.2, 0.25) is 0 Å². The van der Waals surface area contributed by atoms with Gasteiger partial charge < -0.3 is 4.90 Å². The molecular formula is C24H18F2N2O2. The number of imide groups is 1. The van der Waals surface area contributed by atoms with Crippen molar-refractivity contribution < 1.29 is 18.4 Å². The largest absolute Gasteiger partial charge is 0.339 e. The molecule has 3 aromatic carbocycles. The molecule has 0 unspecified atom stereocenters. The number of rotatable bonds is 4. The summed E-state index contributed by atoms with van der Waals surface area (Å²) >= 11 is 0. The van der Waals surface area contributed by atoms with E-state index >= 15 is 0 Å². The predicted octanol–water partition coefficient (Wildman–Crippen LogP) is 4.69. The highest BCUT2D eigenvalue weighted by Gasteiger charge is 2.43. The van der Waals surface area contributed by atoms with Crippen molar-refractivity contribution in [3.05, 3.63) is 101 Å². The number of carbonyl (C=O) groups excluding carboxylic acids is 2. The second-order valence-electron chi connectivity index (χ2n) is 7.03. The van der Waals surface area contributed by atoms with Crippen molar-refractivity contribution in [1.82, 2.24) is 0 Å². The molecule has 30 heavy (non-hydrogen) atoms. The van der Waals surface area contributed by atoms with Gasteiger partial charge in [0.25, 0.3) is 11.8 Å². The van der Waals surface area contributed by atoms with Gasteiger partial charge in [-0.1, -0.05) is 48.0 Å². The number of nitrogens with zero attached hydrogens (tertiary/aromatic N) is 2. The molecule has 1 aliphatic rings. The van der Waals surface area contributed by atoms with Crippen molar-refractivity contribution >= 4 is 28.8 Å². The van der Waals surface area contributed by atoms with Crippen LogP contribution in [0.4, 0.5) is 20.2 Å². The third kappa shape index (κ3) is 3.26. The second-order valence-corrected chi connectivity index (χ2v) is 7.03. The minimum absolute atomic E-state index is 0.0960. The summed E-state index contributed by atoms with van der Waals surface area (Å²) in [6.45, 7) is 1.91. The molecule has 4 rings (SSSR count). The molecular weight excluding hydrogens is 386 g/mol. The summed E-state index contributed by atoms with van der Waals surface area (Å²) in [4.78, 5) is 29.0. The Balaban J connectivity index is 1.90. The zero-order valence-corrected chi connectivity index (χ0v) is 16.4. The van der Waals surface area contributed by atoms with Crippen LogP contribution in [0.1, 0.15) is 11.1 Å². The maximum atomic E-state index is 14.5. The standard InChI is InChI=1S/C24H18F2N2O2/c1-15-8-10-16(11-9-15)21-22(27(2)18-6-4-3-5-7-18)24(30)28(23(21)29)20-14-17(25)12-13-19(20)26/h3-14H,1-2H3. The molecule has 4 nitrogen and oxygen atoms in total. The van der Waals surface area contributed by atoms with Gasteiger partial charge >= 0.3 is 0 Å². The fourth-order valence-electron chi connectivity index (χ4n) is 3.47. The van der Waals surface area contributed by atoms with Crippen LogP contribution in [-0.4, -0.2) is 18.9 Å². The number of anilines is 2. The summed E-state index contributed by atoms with van der Waals surface area (Å²) in [6, 6.07) is 18.9. The highest BCUT2D eigenvalue weighted by atomic mass is 19.1. The van der Waals surface area contributed by atoms with Crippen LogP contribution in [0.25, 0.3) is 5.57 Å². The number of carbonyl (C=O) groups is 2. The fraction of sp³-hybridized carbons (Fsp3) is 0.0833. The predicted molar refractivity (Wildman–Crippen MR) is 112 cm³/mol. The van der Waals surface area contributed by atoms with Crippen molar-refractivity contribution in [2.75, 3.05) is 16.8 Å². The normalized spacial score (nSPS) is 13.9. The highest BCUT2D eigenvalue weighted by Crippen LogP contribution is 2.37. The highest BCUT2D eigenvalue weighted by molar-refractivity contribution is 6.46. The van der Waals surface area contributed by atoms with E-state index in [1.165, 1.54) is 0 Å². The van der Waals surface area contributed by atoms with Gasteiger partial charge in [0, 0.05) is 18.8 Å². The molecule has 2 amide bonds. The van der Waals surface area contributed by atoms with E-state index in [4.69, 9.17) is 0 Å². The quantitative estimate of drug-likeness (QED) is 0.592. The number of amides is 2. The summed E-state index contributed by atoms with van der Waals surface area (Å²) in [7, 11) is 1.66. The van der Waals surface area contributed by atoms with E-state index < -0.39 is 29.1 Å². The van der Waals surface area contributed by atoms with Crippen LogP contribution >= 0.6 is 0 Å². The summed E-state index contributed by atoms with van der Waals surface area (Å²) in [5.41, 5.74) is 2.01. The lowest BCUT2D eigenvalue weighted by Crippen LogP contribution is -2.35. The first-order valence-corrected chi connectivity index (χ1v) is 9.32. The molecule has 1 aliphatic heterocycles. The lowest BCUT2D eigenvalue weighted by Gasteiger charge is -2.21. The molecule has 150 valence electrons. The van der Waals surface area contributed by atoms with Crippen LogP contribution in [0, 0.1) is 18.6 Å². The molecule has 1 heterocycles. The van der Waals surface area contributed by atoms with Gasteiger partial charge in [-0.3, -0.25) is 9.59 Å². The molecule has 0 fully saturated rings. The molecule has 0 saturated carbocycles. The Morgan fingerprint density at radius 2 is 1.50 bits per heavy atom. The second kappa shape index (κ2) is 7.55. The monoisotopic (exact) mass is 404 g/mol. The average Bonchev–Trinajstić information content (AvgIpc) is 3.00. The van der Waals surface area contributed by atoms with E-state index in [2.05, 4.69) is 0 Å². The van der Waals surface area contributed by atoms with Crippen molar-refractivity contribution in [3.63, 3.8) is 0 Å². The van der Waals surface area contributed by atoms with Gasteiger partial charge in [0.1, 0.15) is 17.3 Å². The molecule has 6 heteroatoms. The maximum absolute atomic E-state index is 14.5. The zero-order valence-electron chi connectivity index (χ0n) is 16.4. The molecule has 0 aliphatic carbocycles. The Morgan fingerprint density at radius 1 is 0.833 bits per heavy atom. The third-order valence-electron chi connectivity index (χ3n) is 5.03. The molecule has 0 saturated heterocycles. The first-order valence-electron chi connectivity index (χ1n) is 9.32. The number of halogens is 2. The Morgan fingerprint density at radius 3 is 2.17 bits per heavy atom. The van der Waals surface area contributed by atoms with Crippen molar-refractivity contribution in [3.8, 4) is 0 Å². The zero-order chi connectivity index (χ0) is 21.4. The van der Waals surface area contributed by atoms with Crippen LogP contribution in [0.15, 0.2) is 78.5 Å². The lowest BCUT2D eigenvalue weighted by atomic mass is 10.0. The van der Waals surface area contributed by atoms with E-state index in [9.17, 15) is 18.4 Å². The Hall–Kier alpha value is -3.80. The molecule has 0 N–H and O–H groups in total. The number of benzene rings is 3. The van der Waals surface area contributed by atoms with Crippen LogP contribution in [0.3, 0.4) is 0 Å². The number of hydrogen-bond donors (Lipinski definition) is 0. The smallest absolute Gasteiger partial charge is 0.282 e. The van der Waals surface area contributed by atoms with Gasteiger partial charge in [-0.15, -0.1) is 0 Å². The van der Waals surface area contributed by atoms with Crippen LogP contribution < -0.4 is 9.80 Å². The number of aryl methyl sites for hydroxylation is 1. The molecule has 3 aromatic rings. The summed E-state index contributed by atoms with van der Waals surface area (Å²) in [5, 5.41) is 0. The topological polar surface area (TPSA) is 40.6 Å². The van der Waals surface area contributed by atoms with Gasteiger partial charge in [-0.05, 0) is 36.8 Å². The van der Waals surface area contributed by atoms with Gasteiger partial charge in [0.2, 0.25) is 0 Å². The molecule has 0 aromatic heterocycles. The van der Waals surface area contributed by atoms with Gasteiger partial charge in [-0.25, -0.2) is 13.7 Å². The van der Waals surface area contributed by atoms with E-state index in [1.54, 1.807) is 36.2 Å². The van der Waals surface area contributed by atoms with Gasteiger partial charge in [0.05, 0.1) is 11.3 Å². The number of para-hydroxylation sites is 1. The van der Waals surface area contributed by atoms with Gasteiger partial charge in [0.15, 0.2) is 0 Å². The van der Waals surface area contributed by atoms with Crippen molar-refractivity contribution in [1.29, 1.82) is 0 Å². The number of hydrogen-bond acceptors (Lipinski definition) is 3. The first-order chi connectivity index (χ1) is 14.4. The Labute approximate surface area is 172 Å². The summed E-state index contributed by atoms with van der Waals surface area (Å²) < 4.78 is 28.3. The van der Waals surface area contributed by atoms with Crippen LogP contribution in [-0.2, 0) is 9.59 Å². The maximum Gasteiger partial charge on any atom is 0.282 e. The molecule has 0 bridgehead atoms. The Bertz CT molecular complexity index is 1170. The van der Waals surface area contributed by atoms with Crippen LogP contribution in [0.5, 0.6) is 0 Å². The SMILES string of the molecule is Cc1ccc(C2=C(N(C)c3ccccc3)C(=O)N(c3cc(F)ccc3F)C2=O)cc1. The molecule has 0 spiro atoms. The lowest BCUT2D eigenvalue weighted by molar-refractivity contribution is -0.120. The van der Waals surface area contributed by atoms with E-state index in [0.29, 0.717) is 16.2 Å². The number of likely N-dealkylation sites (N-methyl/N-ethyl adjacent to an activating group) is 1. The fourth-order valence-corrected chi connectivity index (χ4v) is 3.47. The van der Waals surface area contributed by atoms with Crippen molar-refractivity contribution in [2.24, 2.45) is 0 Å². The Kier molecular flexibility index (Phi) is 4.91. The minimum atomic E-state index is -0.857. The minimum Gasteiger partial charge on any atom is -0.339 e. The van der Waals surface area contributed by atoms with E-state index in [-0.39, 0.29) is 11.3 Å². The average molecular weight is 404 g/mol. The molecule has 0 radical (unpaired) electrons. The van der Waals surface area contributed by atoms with E-state index in [0.717, 1.165) is 23.8 Å². The third-order valence-corrected chi connectivity index (χ3v) is 5.03. The first kappa shape index (κ1) is 19.5. The van der Waals surface area contributed by atoms with Crippen molar-refractivity contribution in [2.45, 2.75) is 6.92 Å². The summed E-state index contributed by atoms with van der Waals surface area (Å²) in [6.07, 6.45) is 0. The summed E-state index contributed by atoms with van der Waals surface area (Å²) in [5.74, 6) is -3.02.